The largest absolute Gasteiger partial charge is 0.338 e. The number of aromatic nitrogens is 2. The van der Waals surface area contributed by atoms with Gasteiger partial charge in [0.1, 0.15) is 0 Å². The van der Waals surface area contributed by atoms with E-state index in [4.69, 9.17) is 0 Å². The van der Waals surface area contributed by atoms with Crippen LogP contribution < -0.4 is 10.6 Å². The third-order valence-corrected chi connectivity index (χ3v) is 5.49. The Bertz CT molecular complexity index is 894. The monoisotopic (exact) mass is 364 g/mol. The van der Waals surface area contributed by atoms with Gasteiger partial charge in [-0.25, -0.2) is 9.78 Å². The number of amides is 2. The van der Waals surface area contributed by atoms with Crippen LogP contribution in [0.4, 0.5) is 9.93 Å². The van der Waals surface area contributed by atoms with Crippen molar-refractivity contribution in [2.75, 3.05) is 11.9 Å². The van der Waals surface area contributed by atoms with Gasteiger partial charge in [-0.1, -0.05) is 24.3 Å². The smallest absolute Gasteiger partial charge is 0.321 e. The van der Waals surface area contributed by atoms with Crippen LogP contribution in [-0.4, -0.2) is 22.5 Å². The highest BCUT2D eigenvalue weighted by Gasteiger charge is 2.21. The zero-order valence-corrected chi connectivity index (χ0v) is 15.1. The summed E-state index contributed by atoms with van der Waals surface area (Å²) in [7, 11) is 0. The molecule has 0 radical (unpaired) electrons. The molecule has 2 N–H and O–H groups in total. The number of nitrogens with one attached hydrogen (secondary N) is 2. The van der Waals surface area contributed by atoms with Crippen molar-refractivity contribution >= 4 is 22.5 Å². The summed E-state index contributed by atoms with van der Waals surface area (Å²) in [6.07, 6.45) is 6.74. The number of benzene rings is 1. The molecule has 1 atom stereocenters. The summed E-state index contributed by atoms with van der Waals surface area (Å²) >= 11 is 1.42. The molecule has 0 unspecified atom stereocenters. The van der Waals surface area contributed by atoms with Crippen LogP contribution in [0.25, 0.3) is 11.3 Å². The summed E-state index contributed by atoms with van der Waals surface area (Å²) in [5, 5.41) is 8.29. The second-order valence-electron chi connectivity index (χ2n) is 6.38. The maximum absolute atomic E-state index is 12.1. The summed E-state index contributed by atoms with van der Waals surface area (Å²) in [6.45, 7) is 0.660. The van der Waals surface area contributed by atoms with E-state index in [-0.39, 0.29) is 6.03 Å². The molecule has 0 bridgehead atoms. The molecule has 2 heterocycles. The SMILES string of the molecule is O=C(NCC[C@H]1CCc2ccccc21)Nc1nc(-c2ccncc2)cs1. The summed E-state index contributed by atoms with van der Waals surface area (Å²) < 4.78 is 0. The highest BCUT2D eigenvalue weighted by molar-refractivity contribution is 7.14. The molecule has 6 heteroatoms. The normalized spacial score (nSPS) is 15.5. The van der Waals surface area contributed by atoms with Crippen LogP contribution >= 0.6 is 11.3 Å². The lowest BCUT2D eigenvalue weighted by Crippen LogP contribution is -2.30. The highest BCUT2D eigenvalue weighted by Crippen LogP contribution is 2.34. The van der Waals surface area contributed by atoms with Gasteiger partial charge in [-0.05, 0) is 48.4 Å². The van der Waals surface area contributed by atoms with Gasteiger partial charge in [-0.3, -0.25) is 10.3 Å². The first kappa shape index (κ1) is 16.7. The van der Waals surface area contributed by atoms with Crippen LogP contribution in [0.3, 0.4) is 0 Å². The van der Waals surface area contributed by atoms with Gasteiger partial charge in [0.25, 0.3) is 0 Å². The number of rotatable bonds is 5. The number of pyridine rings is 1. The van der Waals surface area contributed by atoms with Crippen LogP contribution in [0.2, 0.25) is 0 Å². The molecule has 5 nitrogen and oxygen atoms in total. The van der Waals surface area contributed by atoms with Crippen LogP contribution in [0.15, 0.2) is 54.2 Å². The molecule has 2 aromatic heterocycles. The number of carbonyl (C=O) groups excluding carboxylic acids is 1. The quantitative estimate of drug-likeness (QED) is 0.703. The average Bonchev–Trinajstić information content (AvgIpc) is 3.30. The Hall–Kier alpha value is -2.73. The fourth-order valence-electron chi connectivity index (χ4n) is 3.43. The molecule has 1 aromatic carbocycles. The fraction of sp³-hybridized carbons (Fsp3) is 0.250. The lowest BCUT2D eigenvalue weighted by atomic mass is 9.98. The number of aryl methyl sites for hydroxylation is 1. The third kappa shape index (κ3) is 3.75. The Morgan fingerprint density at radius 3 is 2.92 bits per heavy atom. The third-order valence-electron chi connectivity index (χ3n) is 4.74. The molecule has 0 saturated carbocycles. The van der Waals surface area contributed by atoms with Gasteiger partial charge in [-0.2, -0.15) is 0 Å². The molecule has 26 heavy (non-hydrogen) atoms. The molecule has 2 amide bonds. The Morgan fingerprint density at radius 1 is 1.19 bits per heavy atom. The summed E-state index contributed by atoms with van der Waals surface area (Å²) in [5.74, 6) is 0.546. The molecule has 0 aliphatic heterocycles. The molecule has 1 aliphatic rings. The zero-order valence-electron chi connectivity index (χ0n) is 14.3. The minimum atomic E-state index is -0.202. The predicted octanol–water partition coefficient (Wildman–Crippen LogP) is 4.45. The van der Waals surface area contributed by atoms with E-state index in [0.29, 0.717) is 17.6 Å². The van der Waals surface area contributed by atoms with Gasteiger partial charge in [-0.15, -0.1) is 11.3 Å². The lowest BCUT2D eigenvalue weighted by molar-refractivity contribution is 0.251. The van der Waals surface area contributed by atoms with E-state index in [2.05, 4.69) is 44.9 Å². The van der Waals surface area contributed by atoms with Crippen LogP contribution in [-0.2, 0) is 6.42 Å². The van der Waals surface area contributed by atoms with Crippen molar-refractivity contribution in [2.24, 2.45) is 0 Å². The Balaban J connectivity index is 1.27. The van der Waals surface area contributed by atoms with E-state index in [1.165, 1.54) is 28.9 Å². The summed E-state index contributed by atoms with van der Waals surface area (Å²) in [6, 6.07) is 12.2. The van der Waals surface area contributed by atoms with E-state index < -0.39 is 0 Å². The number of nitrogens with zero attached hydrogens (tertiary/aromatic N) is 2. The fourth-order valence-corrected chi connectivity index (χ4v) is 4.15. The van der Waals surface area contributed by atoms with Gasteiger partial charge in [0.2, 0.25) is 0 Å². The Labute approximate surface area is 156 Å². The summed E-state index contributed by atoms with van der Waals surface area (Å²) in [4.78, 5) is 20.6. The minimum Gasteiger partial charge on any atom is -0.338 e. The van der Waals surface area contributed by atoms with Gasteiger partial charge < -0.3 is 5.32 Å². The summed E-state index contributed by atoms with van der Waals surface area (Å²) in [5.41, 5.74) is 4.73. The number of anilines is 1. The molecule has 0 saturated heterocycles. The van der Waals surface area contributed by atoms with E-state index in [9.17, 15) is 4.79 Å². The topological polar surface area (TPSA) is 66.9 Å². The van der Waals surface area contributed by atoms with E-state index in [1.54, 1.807) is 12.4 Å². The zero-order chi connectivity index (χ0) is 17.8. The second-order valence-corrected chi connectivity index (χ2v) is 7.24. The number of carbonyl (C=O) groups is 1. The first-order valence-electron chi connectivity index (χ1n) is 8.78. The standard InChI is InChI=1S/C20H20N4OS/c25-19(22-12-9-15-6-5-14-3-1-2-4-17(14)15)24-20-23-18(13-26-20)16-7-10-21-11-8-16/h1-4,7-8,10-11,13,15H,5-6,9,12H2,(H2,22,23,24,25)/t15-/m1/s1. The van der Waals surface area contributed by atoms with Crippen molar-refractivity contribution < 1.29 is 4.79 Å². The first-order chi connectivity index (χ1) is 12.8. The molecule has 3 aromatic rings. The van der Waals surface area contributed by atoms with Crippen molar-refractivity contribution in [2.45, 2.75) is 25.2 Å². The molecular formula is C20H20N4OS. The van der Waals surface area contributed by atoms with Crippen LogP contribution in [0.1, 0.15) is 29.9 Å². The van der Waals surface area contributed by atoms with Gasteiger partial charge in [0, 0.05) is 29.9 Å². The number of urea groups is 1. The molecule has 0 spiro atoms. The predicted molar refractivity (Wildman–Crippen MR) is 104 cm³/mol. The molecule has 1 aliphatic carbocycles. The Morgan fingerprint density at radius 2 is 2.04 bits per heavy atom. The van der Waals surface area contributed by atoms with Crippen molar-refractivity contribution in [1.82, 2.24) is 15.3 Å². The van der Waals surface area contributed by atoms with Gasteiger partial charge in [0.15, 0.2) is 5.13 Å². The Kier molecular flexibility index (Phi) is 4.93. The van der Waals surface area contributed by atoms with Gasteiger partial charge >= 0.3 is 6.03 Å². The van der Waals surface area contributed by atoms with E-state index in [0.717, 1.165) is 24.1 Å². The van der Waals surface area contributed by atoms with Crippen molar-refractivity contribution in [3.05, 3.63) is 65.3 Å². The first-order valence-corrected chi connectivity index (χ1v) is 9.66. The number of fused-ring (bicyclic) bond motifs is 1. The number of thiazole rings is 1. The molecule has 0 fully saturated rings. The van der Waals surface area contributed by atoms with E-state index >= 15 is 0 Å². The maximum Gasteiger partial charge on any atom is 0.321 e. The maximum atomic E-state index is 12.1. The number of hydrogen-bond donors (Lipinski definition) is 2. The second kappa shape index (κ2) is 7.66. The van der Waals surface area contributed by atoms with Crippen LogP contribution in [0, 0.1) is 0 Å². The van der Waals surface area contributed by atoms with Gasteiger partial charge in [0.05, 0.1) is 5.69 Å². The van der Waals surface area contributed by atoms with Crippen molar-refractivity contribution in [3.63, 3.8) is 0 Å². The average molecular weight is 364 g/mol. The molecule has 4 rings (SSSR count). The molecule has 132 valence electrons. The molecular weight excluding hydrogens is 344 g/mol. The highest BCUT2D eigenvalue weighted by atomic mass is 32.1. The lowest BCUT2D eigenvalue weighted by Gasteiger charge is -2.12. The van der Waals surface area contributed by atoms with Crippen LogP contribution in [0.5, 0.6) is 0 Å². The minimum absolute atomic E-state index is 0.202. The van der Waals surface area contributed by atoms with Crippen molar-refractivity contribution in [3.8, 4) is 11.3 Å². The number of hydrogen-bond acceptors (Lipinski definition) is 4. The van der Waals surface area contributed by atoms with Crippen molar-refractivity contribution in [1.29, 1.82) is 0 Å². The van der Waals surface area contributed by atoms with E-state index in [1.807, 2.05) is 17.5 Å².